The zero-order chi connectivity index (χ0) is 16.5. The summed E-state index contributed by atoms with van der Waals surface area (Å²) >= 11 is 5.45. The van der Waals surface area contributed by atoms with Gasteiger partial charge in [-0.25, -0.2) is 9.59 Å². The summed E-state index contributed by atoms with van der Waals surface area (Å²) in [6.45, 7) is 1.56. The molecule has 126 valence electrons. The topological polar surface area (TPSA) is 67.9 Å². The number of hydrogen-bond acceptors (Lipinski definition) is 4. The molecule has 0 aromatic heterocycles. The Morgan fingerprint density at radius 1 is 1.17 bits per heavy atom. The van der Waals surface area contributed by atoms with Crippen LogP contribution in [0.1, 0.15) is 18.4 Å². The van der Waals surface area contributed by atoms with E-state index in [0.717, 1.165) is 5.56 Å². The fourth-order valence-corrected chi connectivity index (χ4v) is 2.43. The zero-order valence-electron chi connectivity index (χ0n) is 12.9. The van der Waals surface area contributed by atoms with Crippen molar-refractivity contribution in [2.75, 3.05) is 25.6 Å². The number of ether oxygens (including phenoxy) is 2. The smallest absolute Gasteiger partial charge is 0.410 e. The number of carbonyl (C=O) groups is 2. The van der Waals surface area contributed by atoms with E-state index in [-0.39, 0.29) is 31.2 Å². The number of carbonyl (C=O) groups excluding carboxylic acids is 2. The normalized spacial score (nSPS) is 15.1. The third kappa shape index (κ3) is 5.98. The standard InChI is InChI=1S/C16H21ClN2O4/c17-8-11-22-15(20)18-14-6-9-19(10-7-14)16(21)23-12-13-4-2-1-3-5-13/h1-5,14H,6-12H2,(H,18,20). The summed E-state index contributed by atoms with van der Waals surface area (Å²) in [7, 11) is 0. The second-order valence-corrected chi connectivity index (χ2v) is 5.65. The first kappa shape index (κ1) is 17.4. The number of piperidine rings is 1. The van der Waals surface area contributed by atoms with E-state index >= 15 is 0 Å². The SMILES string of the molecule is O=C(NC1CCN(C(=O)OCc2ccccc2)CC1)OCCCl. The first-order valence-electron chi connectivity index (χ1n) is 7.64. The maximum Gasteiger partial charge on any atom is 0.410 e. The Labute approximate surface area is 140 Å². The van der Waals surface area contributed by atoms with Crippen molar-refractivity contribution in [1.82, 2.24) is 10.2 Å². The van der Waals surface area contributed by atoms with Crippen LogP contribution in [0.5, 0.6) is 0 Å². The third-order valence-corrected chi connectivity index (χ3v) is 3.74. The Bertz CT molecular complexity index is 504. The number of likely N-dealkylation sites (tertiary alicyclic amines) is 1. The molecule has 1 N–H and O–H groups in total. The van der Waals surface area contributed by atoms with E-state index in [1.165, 1.54) is 0 Å². The van der Waals surface area contributed by atoms with Crippen LogP contribution in [-0.2, 0) is 16.1 Å². The Balaban J connectivity index is 1.67. The van der Waals surface area contributed by atoms with E-state index < -0.39 is 6.09 Å². The number of nitrogens with zero attached hydrogens (tertiary/aromatic N) is 1. The fourth-order valence-electron chi connectivity index (χ4n) is 2.36. The largest absolute Gasteiger partial charge is 0.448 e. The summed E-state index contributed by atoms with van der Waals surface area (Å²) in [5.74, 6) is 0.277. The molecule has 0 radical (unpaired) electrons. The third-order valence-electron chi connectivity index (χ3n) is 3.59. The molecule has 1 heterocycles. The maximum absolute atomic E-state index is 12.0. The second kappa shape index (κ2) is 9.25. The van der Waals surface area contributed by atoms with Gasteiger partial charge in [-0.2, -0.15) is 0 Å². The molecule has 2 amide bonds. The van der Waals surface area contributed by atoms with Gasteiger partial charge in [0.05, 0.1) is 5.88 Å². The number of benzene rings is 1. The van der Waals surface area contributed by atoms with Gasteiger partial charge in [0.25, 0.3) is 0 Å². The summed E-state index contributed by atoms with van der Waals surface area (Å²) in [6, 6.07) is 9.57. The average molecular weight is 341 g/mol. The van der Waals surface area contributed by atoms with Gasteiger partial charge in [-0.15, -0.1) is 11.6 Å². The van der Waals surface area contributed by atoms with Crippen LogP contribution in [0, 0.1) is 0 Å². The van der Waals surface area contributed by atoms with Gasteiger partial charge in [0.15, 0.2) is 0 Å². The van der Waals surface area contributed by atoms with E-state index in [1.807, 2.05) is 30.3 Å². The average Bonchev–Trinajstić information content (AvgIpc) is 2.59. The van der Waals surface area contributed by atoms with Crippen LogP contribution in [0.15, 0.2) is 30.3 Å². The molecular weight excluding hydrogens is 320 g/mol. The molecule has 0 unspecified atom stereocenters. The van der Waals surface area contributed by atoms with Crippen LogP contribution in [0.25, 0.3) is 0 Å². The van der Waals surface area contributed by atoms with Gasteiger partial charge in [0.2, 0.25) is 0 Å². The molecule has 0 aliphatic carbocycles. The van der Waals surface area contributed by atoms with Crippen LogP contribution in [-0.4, -0.2) is 48.7 Å². The predicted octanol–water partition coefficient (Wildman–Crippen LogP) is 2.75. The first-order valence-corrected chi connectivity index (χ1v) is 8.17. The van der Waals surface area contributed by atoms with Gasteiger partial charge in [0.1, 0.15) is 13.2 Å². The van der Waals surface area contributed by atoms with E-state index in [2.05, 4.69) is 5.32 Å². The lowest BCUT2D eigenvalue weighted by Crippen LogP contribution is -2.46. The second-order valence-electron chi connectivity index (χ2n) is 5.27. The van der Waals surface area contributed by atoms with Crippen molar-refractivity contribution in [3.63, 3.8) is 0 Å². The first-order chi connectivity index (χ1) is 11.2. The molecule has 1 aromatic rings. The summed E-state index contributed by atoms with van der Waals surface area (Å²) in [5, 5.41) is 2.77. The lowest BCUT2D eigenvalue weighted by atomic mass is 10.1. The van der Waals surface area contributed by atoms with Crippen LogP contribution in [0.4, 0.5) is 9.59 Å². The van der Waals surface area contributed by atoms with Crippen molar-refractivity contribution in [3.05, 3.63) is 35.9 Å². The van der Waals surface area contributed by atoms with E-state index in [9.17, 15) is 9.59 Å². The maximum atomic E-state index is 12.0. The Morgan fingerprint density at radius 3 is 2.52 bits per heavy atom. The minimum atomic E-state index is -0.462. The van der Waals surface area contributed by atoms with Gasteiger partial charge in [-0.1, -0.05) is 30.3 Å². The summed E-state index contributed by atoms with van der Waals surface area (Å²) in [6.07, 6.45) is 0.570. The predicted molar refractivity (Wildman–Crippen MR) is 86.4 cm³/mol. The number of alkyl carbamates (subject to hydrolysis) is 1. The van der Waals surface area contributed by atoms with Crippen LogP contribution in [0.3, 0.4) is 0 Å². The Hall–Kier alpha value is -1.95. The lowest BCUT2D eigenvalue weighted by Gasteiger charge is -2.31. The molecule has 1 fully saturated rings. The molecular formula is C16H21ClN2O4. The molecule has 0 saturated carbocycles. The number of alkyl halides is 1. The van der Waals surface area contributed by atoms with Crippen molar-refractivity contribution in [2.24, 2.45) is 0 Å². The molecule has 6 nitrogen and oxygen atoms in total. The van der Waals surface area contributed by atoms with Gasteiger partial charge < -0.3 is 19.7 Å². The quantitative estimate of drug-likeness (QED) is 0.837. The van der Waals surface area contributed by atoms with Gasteiger partial charge >= 0.3 is 12.2 Å². The number of rotatable bonds is 5. The van der Waals surface area contributed by atoms with Crippen molar-refractivity contribution >= 4 is 23.8 Å². The fraction of sp³-hybridized carbons (Fsp3) is 0.500. The van der Waals surface area contributed by atoms with Crippen LogP contribution >= 0.6 is 11.6 Å². The number of halogens is 1. The van der Waals surface area contributed by atoms with Crippen molar-refractivity contribution in [3.8, 4) is 0 Å². The van der Waals surface area contributed by atoms with Gasteiger partial charge in [-0.3, -0.25) is 0 Å². The molecule has 1 aliphatic heterocycles. The molecule has 7 heteroatoms. The number of amides is 2. The lowest BCUT2D eigenvalue weighted by molar-refractivity contribution is 0.0842. The highest BCUT2D eigenvalue weighted by atomic mass is 35.5. The van der Waals surface area contributed by atoms with Crippen molar-refractivity contribution < 1.29 is 19.1 Å². The Morgan fingerprint density at radius 2 is 1.87 bits per heavy atom. The summed E-state index contributed by atoms with van der Waals surface area (Å²) < 4.78 is 10.2. The zero-order valence-corrected chi connectivity index (χ0v) is 13.6. The molecule has 2 rings (SSSR count). The monoisotopic (exact) mass is 340 g/mol. The van der Waals surface area contributed by atoms with Gasteiger partial charge in [0, 0.05) is 19.1 Å². The molecule has 0 bridgehead atoms. The van der Waals surface area contributed by atoms with Crippen LogP contribution in [0.2, 0.25) is 0 Å². The molecule has 1 saturated heterocycles. The summed E-state index contributed by atoms with van der Waals surface area (Å²) in [4.78, 5) is 25.1. The van der Waals surface area contributed by atoms with Crippen molar-refractivity contribution in [2.45, 2.75) is 25.5 Å². The molecule has 1 aromatic carbocycles. The van der Waals surface area contributed by atoms with E-state index in [1.54, 1.807) is 4.90 Å². The molecule has 0 atom stereocenters. The van der Waals surface area contributed by atoms with E-state index in [4.69, 9.17) is 21.1 Å². The van der Waals surface area contributed by atoms with E-state index in [0.29, 0.717) is 25.9 Å². The Kier molecular flexibility index (Phi) is 7.00. The van der Waals surface area contributed by atoms with Gasteiger partial charge in [-0.05, 0) is 18.4 Å². The minimum Gasteiger partial charge on any atom is -0.448 e. The highest BCUT2D eigenvalue weighted by Crippen LogP contribution is 2.12. The van der Waals surface area contributed by atoms with Crippen LogP contribution < -0.4 is 5.32 Å². The highest BCUT2D eigenvalue weighted by Gasteiger charge is 2.25. The van der Waals surface area contributed by atoms with Crippen molar-refractivity contribution in [1.29, 1.82) is 0 Å². The molecule has 0 spiro atoms. The molecule has 1 aliphatic rings. The molecule has 23 heavy (non-hydrogen) atoms. The highest BCUT2D eigenvalue weighted by molar-refractivity contribution is 6.18. The number of nitrogens with one attached hydrogen (secondary N) is 1. The summed E-state index contributed by atoms with van der Waals surface area (Å²) in [5.41, 5.74) is 0.958. The number of hydrogen-bond donors (Lipinski definition) is 1. The minimum absolute atomic E-state index is 0.0102.